The molecular weight excluding hydrogens is 249 g/mol. The fourth-order valence-corrected chi connectivity index (χ4v) is 2.62. The quantitative estimate of drug-likeness (QED) is 0.864. The van der Waals surface area contributed by atoms with Crippen molar-refractivity contribution in [2.45, 2.75) is 20.0 Å². The third kappa shape index (κ3) is 3.05. The van der Waals surface area contributed by atoms with Crippen LogP contribution in [0.2, 0.25) is 0 Å². The van der Waals surface area contributed by atoms with E-state index in [1.54, 1.807) is 23.5 Å². The number of halogens is 1. The van der Waals surface area contributed by atoms with Crippen molar-refractivity contribution >= 4 is 17.0 Å². The Kier molecular flexibility index (Phi) is 3.93. The van der Waals surface area contributed by atoms with Crippen LogP contribution in [0.3, 0.4) is 0 Å². The summed E-state index contributed by atoms with van der Waals surface area (Å²) in [6, 6.07) is 4.83. The van der Waals surface area contributed by atoms with Crippen LogP contribution in [0.15, 0.2) is 23.7 Å². The number of thiazole rings is 1. The molecule has 0 aliphatic heterocycles. The number of hydrogen-bond acceptors (Lipinski definition) is 4. The van der Waals surface area contributed by atoms with E-state index < -0.39 is 0 Å². The second-order valence-electron chi connectivity index (χ2n) is 4.38. The Balaban J connectivity index is 2.03. The summed E-state index contributed by atoms with van der Waals surface area (Å²) in [6.45, 7) is 3.33. The second-order valence-corrected chi connectivity index (χ2v) is 5.32. The highest BCUT2D eigenvalue weighted by atomic mass is 32.1. The van der Waals surface area contributed by atoms with E-state index in [1.807, 2.05) is 19.5 Å². The molecule has 0 spiro atoms. The van der Waals surface area contributed by atoms with Crippen LogP contribution in [0, 0.1) is 12.7 Å². The number of nitrogens with zero attached hydrogens (tertiary/aromatic N) is 2. The summed E-state index contributed by atoms with van der Waals surface area (Å²) in [6.07, 6.45) is 0. The number of nitrogen functional groups attached to an aromatic ring is 1. The maximum absolute atomic E-state index is 13.7. The lowest BCUT2D eigenvalue weighted by Gasteiger charge is -2.16. The highest BCUT2D eigenvalue weighted by Gasteiger charge is 2.09. The molecular formula is C13H16FN3S. The van der Waals surface area contributed by atoms with Crippen LogP contribution in [-0.2, 0) is 13.1 Å². The smallest absolute Gasteiger partial charge is 0.129 e. The molecule has 3 nitrogen and oxygen atoms in total. The van der Waals surface area contributed by atoms with Gasteiger partial charge in [0.05, 0.1) is 11.2 Å². The number of anilines is 1. The van der Waals surface area contributed by atoms with Crippen LogP contribution in [0.25, 0.3) is 0 Å². The van der Waals surface area contributed by atoms with Crippen molar-refractivity contribution in [2.24, 2.45) is 0 Å². The first-order valence-corrected chi connectivity index (χ1v) is 6.55. The van der Waals surface area contributed by atoms with Crippen molar-refractivity contribution < 1.29 is 4.39 Å². The van der Waals surface area contributed by atoms with Gasteiger partial charge in [-0.15, -0.1) is 11.3 Å². The molecule has 0 saturated heterocycles. The third-order valence-corrected chi connectivity index (χ3v) is 3.70. The van der Waals surface area contributed by atoms with Crippen molar-refractivity contribution in [1.82, 2.24) is 9.88 Å². The largest absolute Gasteiger partial charge is 0.399 e. The van der Waals surface area contributed by atoms with E-state index in [4.69, 9.17) is 5.73 Å². The first-order chi connectivity index (χ1) is 8.56. The fraction of sp³-hybridized carbons (Fsp3) is 0.308. The van der Waals surface area contributed by atoms with Crippen LogP contribution in [0.4, 0.5) is 10.1 Å². The van der Waals surface area contributed by atoms with Crippen molar-refractivity contribution in [3.63, 3.8) is 0 Å². The van der Waals surface area contributed by atoms with Crippen LogP contribution in [0.1, 0.15) is 16.1 Å². The summed E-state index contributed by atoms with van der Waals surface area (Å²) in [5.41, 5.74) is 9.53. The zero-order chi connectivity index (χ0) is 13.1. The summed E-state index contributed by atoms with van der Waals surface area (Å²) >= 11 is 1.63. The van der Waals surface area contributed by atoms with Gasteiger partial charge in [0.2, 0.25) is 0 Å². The topological polar surface area (TPSA) is 42.2 Å². The van der Waals surface area contributed by atoms with E-state index in [1.165, 1.54) is 10.9 Å². The maximum atomic E-state index is 13.7. The van der Waals surface area contributed by atoms with Gasteiger partial charge in [-0.1, -0.05) is 6.07 Å². The molecule has 0 atom stereocenters. The average Bonchev–Trinajstić information content (AvgIpc) is 2.69. The minimum Gasteiger partial charge on any atom is -0.399 e. The number of aromatic nitrogens is 1. The molecule has 0 saturated carbocycles. The summed E-state index contributed by atoms with van der Waals surface area (Å²) in [4.78, 5) is 7.49. The fourth-order valence-electron chi connectivity index (χ4n) is 1.76. The minimum absolute atomic E-state index is 0.247. The zero-order valence-corrected chi connectivity index (χ0v) is 11.3. The van der Waals surface area contributed by atoms with Gasteiger partial charge >= 0.3 is 0 Å². The molecule has 0 aliphatic carbocycles. The predicted octanol–water partition coefficient (Wildman–Crippen LogP) is 2.80. The van der Waals surface area contributed by atoms with Gasteiger partial charge in [0.15, 0.2) is 0 Å². The SMILES string of the molecule is Cc1ncsc1CN(C)Cc1ccc(N)cc1F. The molecule has 0 amide bonds. The molecule has 5 heteroatoms. The van der Waals surface area contributed by atoms with Gasteiger partial charge in [-0.2, -0.15) is 0 Å². The van der Waals surface area contributed by atoms with E-state index in [-0.39, 0.29) is 5.82 Å². The van der Waals surface area contributed by atoms with E-state index in [9.17, 15) is 4.39 Å². The Morgan fingerprint density at radius 1 is 1.39 bits per heavy atom. The van der Waals surface area contributed by atoms with Gasteiger partial charge in [0.25, 0.3) is 0 Å². The zero-order valence-electron chi connectivity index (χ0n) is 10.5. The summed E-state index contributed by atoms with van der Waals surface area (Å²) in [5, 5.41) is 0. The van der Waals surface area contributed by atoms with Crippen molar-refractivity contribution in [1.29, 1.82) is 0 Å². The number of aryl methyl sites for hydroxylation is 1. The monoisotopic (exact) mass is 265 g/mol. The highest BCUT2D eigenvalue weighted by Crippen LogP contribution is 2.17. The van der Waals surface area contributed by atoms with Gasteiger partial charge in [0.1, 0.15) is 5.82 Å². The van der Waals surface area contributed by atoms with Crippen LogP contribution in [0.5, 0.6) is 0 Å². The molecule has 96 valence electrons. The Hall–Kier alpha value is -1.46. The van der Waals surface area contributed by atoms with Crippen molar-refractivity contribution in [3.05, 3.63) is 45.7 Å². The first-order valence-electron chi connectivity index (χ1n) is 5.67. The Morgan fingerprint density at radius 3 is 2.78 bits per heavy atom. The first kappa shape index (κ1) is 13.0. The molecule has 2 aromatic rings. The molecule has 1 aromatic heterocycles. The van der Waals surface area contributed by atoms with E-state index in [2.05, 4.69) is 9.88 Å². The molecule has 18 heavy (non-hydrogen) atoms. The highest BCUT2D eigenvalue weighted by molar-refractivity contribution is 7.09. The van der Waals surface area contributed by atoms with Gasteiger partial charge in [-0.3, -0.25) is 4.90 Å². The Morgan fingerprint density at radius 2 is 2.17 bits per heavy atom. The number of benzene rings is 1. The van der Waals surface area contributed by atoms with Crippen LogP contribution >= 0.6 is 11.3 Å². The molecule has 2 N–H and O–H groups in total. The lowest BCUT2D eigenvalue weighted by Crippen LogP contribution is -2.18. The normalized spacial score (nSPS) is 11.1. The molecule has 0 bridgehead atoms. The van der Waals surface area contributed by atoms with E-state index in [0.29, 0.717) is 17.8 Å². The predicted molar refractivity (Wildman–Crippen MR) is 72.8 cm³/mol. The Bertz CT molecular complexity index is 539. The van der Waals surface area contributed by atoms with E-state index >= 15 is 0 Å². The number of hydrogen-bond donors (Lipinski definition) is 1. The molecule has 1 aromatic carbocycles. The second kappa shape index (κ2) is 5.46. The molecule has 2 rings (SSSR count). The average molecular weight is 265 g/mol. The van der Waals surface area contributed by atoms with Crippen LogP contribution < -0.4 is 5.73 Å². The lowest BCUT2D eigenvalue weighted by atomic mass is 10.2. The number of nitrogens with two attached hydrogens (primary N) is 1. The molecule has 0 aliphatic rings. The maximum Gasteiger partial charge on any atom is 0.129 e. The third-order valence-electron chi connectivity index (χ3n) is 2.78. The summed E-state index contributed by atoms with van der Waals surface area (Å²) < 4.78 is 13.7. The van der Waals surface area contributed by atoms with Gasteiger partial charge in [-0.05, 0) is 26.1 Å². The standard InChI is InChI=1S/C13H16FN3S/c1-9-13(18-8-16-9)7-17(2)6-10-3-4-11(15)5-12(10)14/h3-5,8H,6-7,15H2,1-2H3. The Labute approximate surface area is 110 Å². The molecule has 0 unspecified atom stereocenters. The van der Waals surface area contributed by atoms with Gasteiger partial charge < -0.3 is 5.73 Å². The van der Waals surface area contributed by atoms with Crippen molar-refractivity contribution in [3.8, 4) is 0 Å². The molecule has 0 fully saturated rings. The number of rotatable bonds is 4. The van der Waals surface area contributed by atoms with Gasteiger partial charge in [0, 0.05) is 29.2 Å². The van der Waals surface area contributed by atoms with E-state index in [0.717, 1.165) is 12.2 Å². The molecule has 0 radical (unpaired) electrons. The summed E-state index contributed by atoms with van der Waals surface area (Å²) in [5.74, 6) is -0.247. The molecule has 1 heterocycles. The van der Waals surface area contributed by atoms with Crippen molar-refractivity contribution in [2.75, 3.05) is 12.8 Å². The van der Waals surface area contributed by atoms with Gasteiger partial charge in [-0.25, -0.2) is 9.37 Å². The lowest BCUT2D eigenvalue weighted by molar-refractivity contribution is 0.315. The minimum atomic E-state index is -0.247. The van der Waals surface area contributed by atoms with Crippen LogP contribution in [-0.4, -0.2) is 16.9 Å². The summed E-state index contributed by atoms with van der Waals surface area (Å²) in [7, 11) is 1.97.